The van der Waals surface area contributed by atoms with Crippen LogP contribution in [-0.2, 0) is 20.7 Å². The van der Waals surface area contributed by atoms with Crippen LogP contribution < -0.4 is 0 Å². The van der Waals surface area contributed by atoms with E-state index in [2.05, 4.69) is 0 Å². The molecular formula is C11H14NO7P. The summed E-state index contributed by atoms with van der Waals surface area (Å²) in [6.07, 6.45) is -2.10. The number of hydrogen-bond acceptors (Lipinski definition) is 4. The van der Waals surface area contributed by atoms with Gasteiger partial charge in [-0.25, -0.2) is 4.79 Å². The van der Waals surface area contributed by atoms with Gasteiger partial charge >= 0.3 is 19.7 Å². The molecule has 9 heteroatoms. The molecule has 0 bridgehead atoms. The van der Waals surface area contributed by atoms with Gasteiger partial charge in [-0.2, -0.15) is 0 Å². The lowest BCUT2D eigenvalue weighted by Gasteiger charge is -2.20. The van der Waals surface area contributed by atoms with E-state index < -0.39 is 32.5 Å². The fourth-order valence-corrected chi connectivity index (χ4v) is 2.03. The molecule has 1 rings (SSSR count). The van der Waals surface area contributed by atoms with Gasteiger partial charge < -0.3 is 19.6 Å². The van der Waals surface area contributed by atoms with E-state index >= 15 is 0 Å². The van der Waals surface area contributed by atoms with Crippen molar-refractivity contribution in [2.45, 2.75) is 6.61 Å². The molecule has 0 unspecified atom stereocenters. The number of carboxylic acid groups (broad SMARTS) is 1. The molecule has 0 spiro atoms. The highest BCUT2D eigenvalue weighted by Crippen LogP contribution is 2.35. The third-order valence-corrected chi connectivity index (χ3v) is 2.85. The molecule has 0 atom stereocenters. The Kier molecular flexibility index (Phi) is 5.69. The lowest BCUT2D eigenvalue weighted by Crippen LogP contribution is -2.36. The zero-order valence-electron chi connectivity index (χ0n) is 10.4. The quantitative estimate of drug-likeness (QED) is 0.665. The van der Waals surface area contributed by atoms with Crippen molar-refractivity contribution in [3.63, 3.8) is 0 Å². The van der Waals surface area contributed by atoms with E-state index in [1.165, 1.54) is 0 Å². The summed E-state index contributed by atoms with van der Waals surface area (Å²) in [5, 5.41) is 8.61. The molecule has 20 heavy (non-hydrogen) atoms. The van der Waals surface area contributed by atoms with Crippen LogP contribution in [0.3, 0.4) is 0 Å². The number of ether oxygens (including phenoxy) is 1. The Labute approximate surface area is 114 Å². The van der Waals surface area contributed by atoms with E-state index in [4.69, 9.17) is 19.6 Å². The number of hydrogen-bond donors (Lipinski definition) is 3. The molecule has 8 nitrogen and oxygen atoms in total. The number of carbonyl (C=O) groups excluding carboxylic acids is 1. The SMILES string of the molecule is O=C(O)CN(CP(=O)(O)O)C(=O)OCc1ccccc1. The van der Waals surface area contributed by atoms with Crippen LogP contribution in [0.5, 0.6) is 0 Å². The molecule has 0 aromatic heterocycles. The first-order chi connectivity index (χ1) is 9.28. The van der Waals surface area contributed by atoms with E-state index in [-0.39, 0.29) is 6.61 Å². The van der Waals surface area contributed by atoms with Crippen LogP contribution in [0.2, 0.25) is 0 Å². The van der Waals surface area contributed by atoms with Crippen LogP contribution >= 0.6 is 7.60 Å². The minimum Gasteiger partial charge on any atom is -0.480 e. The van der Waals surface area contributed by atoms with Crippen molar-refractivity contribution in [3.05, 3.63) is 35.9 Å². The number of carbonyl (C=O) groups is 2. The predicted octanol–water partition coefficient (Wildman–Crippen LogP) is 0.845. The van der Waals surface area contributed by atoms with Crippen molar-refractivity contribution in [3.8, 4) is 0 Å². The summed E-state index contributed by atoms with van der Waals surface area (Å²) < 4.78 is 15.7. The minimum atomic E-state index is -4.57. The highest BCUT2D eigenvalue weighted by molar-refractivity contribution is 7.51. The van der Waals surface area contributed by atoms with E-state index in [9.17, 15) is 14.2 Å². The van der Waals surface area contributed by atoms with Gasteiger partial charge in [0, 0.05) is 0 Å². The average molecular weight is 303 g/mol. The summed E-state index contributed by atoms with van der Waals surface area (Å²) in [7, 11) is -4.57. The van der Waals surface area contributed by atoms with Gasteiger partial charge in [-0.15, -0.1) is 0 Å². The topological polar surface area (TPSA) is 124 Å². The Balaban J connectivity index is 2.63. The Hall–Kier alpha value is -1.89. The summed E-state index contributed by atoms with van der Waals surface area (Å²) in [6, 6.07) is 8.62. The molecule has 0 radical (unpaired) electrons. The molecule has 0 saturated heterocycles. The van der Waals surface area contributed by atoms with E-state index in [0.717, 1.165) is 0 Å². The lowest BCUT2D eigenvalue weighted by atomic mass is 10.2. The monoisotopic (exact) mass is 303 g/mol. The van der Waals surface area contributed by atoms with Crippen LogP contribution in [0.4, 0.5) is 4.79 Å². The second-order valence-corrected chi connectivity index (χ2v) is 5.55. The van der Waals surface area contributed by atoms with Crippen LogP contribution in [0.25, 0.3) is 0 Å². The Bertz CT molecular complexity index is 513. The highest BCUT2D eigenvalue weighted by Gasteiger charge is 2.26. The van der Waals surface area contributed by atoms with Crippen molar-refractivity contribution in [2.75, 3.05) is 12.8 Å². The standard InChI is InChI=1S/C11H14NO7P/c13-10(14)6-12(8-20(16,17)18)11(15)19-7-9-4-2-1-3-5-9/h1-5H,6-8H2,(H,13,14)(H2,16,17,18). The summed E-state index contributed by atoms with van der Waals surface area (Å²) in [5.41, 5.74) is 0.673. The lowest BCUT2D eigenvalue weighted by molar-refractivity contribution is -0.137. The molecular weight excluding hydrogens is 289 g/mol. The first kappa shape index (κ1) is 16.2. The van der Waals surface area contributed by atoms with Gasteiger partial charge in [0.25, 0.3) is 0 Å². The van der Waals surface area contributed by atoms with Gasteiger partial charge in [-0.1, -0.05) is 30.3 Å². The normalized spacial score (nSPS) is 10.9. The van der Waals surface area contributed by atoms with Gasteiger partial charge in [0.1, 0.15) is 19.4 Å². The first-order valence-corrected chi connectivity index (χ1v) is 7.29. The molecule has 0 saturated carbocycles. The first-order valence-electron chi connectivity index (χ1n) is 5.50. The maximum atomic E-state index is 11.6. The fraction of sp³-hybridized carbons (Fsp3) is 0.273. The molecule has 0 fully saturated rings. The summed E-state index contributed by atoms with van der Waals surface area (Å²) >= 11 is 0. The molecule has 1 aromatic rings. The van der Waals surface area contributed by atoms with E-state index in [1.54, 1.807) is 30.3 Å². The second kappa shape index (κ2) is 7.04. The van der Waals surface area contributed by atoms with Gasteiger partial charge in [-0.05, 0) is 5.56 Å². The number of benzene rings is 1. The number of amides is 1. The summed E-state index contributed by atoms with van der Waals surface area (Å²) in [4.78, 5) is 40.3. The van der Waals surface area contributed by atoms with Crippen molar-refractivity contribution in [2.24, 2.45) is 0 Å². The third kappa shape index (κ3) is 6.33. The summed E-state index contributed by atoms with van der Waals surface area (Å²) in [6.45, 7) is -0.963. The molecule has 3 N–H and O–H groups in total. The number of aliphatic carboxylic acids is 1. The van der Waals surface area contributed by atoms with Crippen LogP contribution in [0.1, 0.15) is 5.56 Å². The van der Waals surface area contributed by atoms with Gasteiger partial charge in [0.15, 0.2) is 0 Å². The van der Waals surface area contributed by atoms with Crippen molar-refractivity contribution >= 4 is 19.7 Å². The van der Waals surface area contributed by atoms with Gasteiger partial charge in [0.2, 0.25) is 0 Å². The molecule has 1 aromatic carbocycles. The number of nitrogens with zero attached hydrogens (tertiary/aromatic N) is 1. The van der Waals surface area contributed by atoms with E-state index in [0.29, 0.717) is 10.5 Å². The van der Waals surface area contributed by atoms with Crippen molar-refractivity contribution in [1.29, 1.82) is 0 Å². The Morgan fingerprint density at radius 2 is 1.80 bits per heavy atom. The largest absolute Gasteiger partial charge is 0.480 e. The van der Waals surface area contributed by atoms with E-state index in [1.807, 2.05) is 0 Å². The smallest absolute Gasteiger partial charge is 0.411 e. The van der Waals surface area contributed by atoms with Crippen LogP contribution in [-0.4, -0.2) is 44.7 Å². The predicted molar refractivity (Wildman–Crippen MR) is 67.9 cm³/mol. The zero-order chi connectivity index (χ0) is 15.2. The molecule has 0 aliphatic carbocycles. The minimum absolute atomic E-state index is 0.114. The average Bonchev–Trinajstić information content (AvgIpc) is 2.34. The molecule has 110 valence electrons. The molecule has 0 aliphatic rings. The fourth-order valence-electron chi connectivity index (χ4n) is 1.37. The summed E-state index contributed by atoms with van der Waals surface area (Å²) in [5.74, 6) is -1.39. The highest BCUT2D eigenvalue weighted by atomic mass is 31.2. The Morgan fingerprint density at radius 3 is 2.30 bits per heavy atom. The zero-order valence-corrected chi connectivity index (χ0v) is 11.3. The molecule has 0 heterocycles. The van der Waals surface area contributed by atoms with Crippen LogP contribution in [0.15, 0.2) is 30.3 Å². The second-order valence-electron chi connectivity index (χ2n) is 3.94. The van der Waals surface area contributed by atoms with Crippen molar-refractivity contribution < 1.29 is 33.8 Å². The third-order valence-electron chi connectivity index (χ3n) is 2.14. The maximum Gasteiger partial charge on any atom is 0.411 e. The molecule has 0 aliphatic heterocycles. The number of carboxylic acids is 1. The van der Waals surface area contributed by atoms with Crippen LogP contribution in [0, 0.1) is 0 Å². The maximum absolute atomic E-state index is 11.6. The number of rotatable bonds is 6. The Morgan fingerprint density at radius 1 is 1.20 bits per heavy atom. The van der Waals surface area contributed by atoms with Gasteiger partial charge in [0.05, 0.1) is 0 Å². The van der Waals surface area contributed by atoms with Crippen molar-refractivity contribution in [1.82, 2.24) is 4.90 Å². The van der Waals surface area contributed by atoms with Gasteiger partial charge in [-0.3, -0.25) is 14.3 Å². The molecule has 1 amide bonds.